The van der Waals surface area contributed by atoms with Crippen LogP contribution >= 0.6 is 0 Å². The summed E-state index contributed by atoms with van der Waals surface area (Å²) in [6.45, 7) is 4.58. The normalized spacial score (nSPS) is 18.2. The Morgan fingerprint density at radius 3 is 1.97 bits per heavy atom. The molecule has 322 valence electrons. The minimum Gasteiger partial charge on any atom is -0.453 e. The number of H-pyrrole nitrogens is 2. The van der Waals surface area contributed by atoms with Gasteiger partial charge in [0.2, 0.25) is 5.91 Å². The quantitative estimate of drug-likeness (QED) is 0.100. The molecule has 6 aromatic rings. The van der Waals surface area contributed by atoms with E-state index in [1.54, 1.807) is 40.3 Å². The number of methoxy groups -OCH3 is 2. The zero-order valence-electron chi connectivity index (χ0n) is 35.5. The minimum atomic E-state index is -1.00. The molecule has 4 aromatic carbocycles. The number of aromatic amines is 2. The molecule has 2 aliphatic rings. The molecule has 15 heteroatoms. The van der Waals surface area contributed by atoms with Gasteiger partial charge in [0.15, 0.2) is 0 Å². The van der Waals surface area contributed by atoms with E-state index in [0.717, 1.165) is 57.3 Å². The van der Waals surface area contributed by atoms with Crippen molar-refractivity contribution in [2.45, 2.75) is 57.3 Å². The van der Waals surface area contributed by atoms with Gasteiger partial charge in [0.25, 0.3) is 5.91 Å². The number of rotatable bonds is 11. The molecule has 4 amide bonds. The Bertz CT molecular complexity index is 2670. The fraction of sp³-hybridized carbons (Fsp3) is 0.312. The van der Waals surface area contributed by atoms with Crippen molar-refractivity contribution < 1.29 is 28.7 Å². The maximum atomic E-state index is 14.1. The van der Waals surface area contributed by atoms with Crippen LogP contribution in [0.2, 0.25) is 0 Å². The third-order valence-electron chi connectivity index (χ3n) is 12.0. The fourth-order valence-corrected chi connectivity index (χ4v) is 8.64. The summed E-state index contributed by atoms with van der Waals surface area (Å²) in [6.07, 6.45) is 4.19. The van der Waals surface area contributed by atoms with E-state index in [1.807, 2.05) is 38.2 Å². The van der Waals surface area contributed by atoms with Crippen molar-refractivity contribution in [3.63, 3.8) is 0 Å². The van der Waals surface area contributed by atoms with Crippen molar-refractivity contribution in [1.29, 1.82) is 5.26 Å². The molecule has 2 saturated heterocycles. The Labute approximate surface area is 364 Å². The van der Waals surface area contributed by atoms with Crippen LogP contribution in [0.15, 0.2) is 103 Å². The number of nitrogens with one attached hydrogen (secondary N) is 4. The van der Waals surface area contributed by atoms with Gasteiger partial charge >= 0.3 is 12.2 Å². The first-order chi connectivity index (χ1) is 30.5. The van der Waals surface area contributed by atoms with Crippen molar-refractivity contribution in [2.24, 2.45) is 11.8 Å². The molecule has 63 heavy (non-hydrogen) atoms. The van der Waals surface area contributed by atoms with Crippen LogP contribution in [-0.2, 0) is 19.1 Å². The Hall–Kier alpha value is -7.47. The second-order valence-electron chi connectivity index (χ2n) is 16.3. The smallest absolute Gasteiger partial charge is 0.407 e. The molecule has 0 aliphatic carbocycles. The minimum absolute atomic E-state index is 0.117. The average molecular weight is 848 g/mol. The molecule has 2 fully saturated rings. The van der Waals surface area contributed by atoms with Crippen molar-refractivity contribution in [1.82, 2.24) is 40.4 Å². The third kappa shape index (κ3) is 8.83. The van der Waals surface area contributed by atoms with Gasteiger partial charge in [-0.05, 0) is 70.3 Å². The van der Waals surface area contributed by atoms with Gasteiger partial charge < -0.3 is 39.9 Å². The number of likely N-dealkylation sites (tertiary alicyclic amines) is 2. The third-order valence-corrected chi connectivity index (χ3v) is 12.0. The fourth-order valence-electron chi connectivity index (χ4n) is 8.64. The number of fused-ring (bicyclic) bond motifs is 1. The van der Waals surface area contributed by atoms with E-state index >= 15 is 0 Å². The molecular formula is C48H49N9O6. The van der Waals surface area contributed by atoms with Gasteiger partial charge in [-0.25, -0.2) is 19.6 Å². The second kappa shape index (κ2) is 18.3. The molecule has 2 aromatic heterocycles. The first kappa shape index (κ1) is 42.2. The molecule has 0 bridgehead atoms. The number of imidazole rings is 2. The lowest BCUT2D eigenvalue weighted by Crippen LogP contribution is -2.51. The predicted octanol–water partition coefficient (Wildman–Crippen LogP) is 7.84. The van der Waals surface area contributed by atoms with Crippen LogP contribution in [0.1, 0.15) is 68.4 Å². The van der Waals surface area contributed by atoms with Gasteiger partial charge in [-0.2, -0.15) is 5.26 Å². The molecular weight excluding hydrogens is 799 g/mol. The monoisotopic (exact) mass is 847 g/mol. The Balaban J connectivity index is 0.958. The van der Waals surface area contributed by atoms with Crippen LogP contribution in [0.25, 0.3) is 44.4 Å². The van der Waals surface area contributed by atoms with Gasteiger partial charge in [0.1, 0.15) is 23.7 Å². The highest BCUT2D eigenvalue weighted by Gasteiger charge is 2.42. The maximum Gasteiger partial charge on any atom is 0.407 e. The molecule has 0 saturated carbocycles. The number of carbonyl (C=O) groups excluding carboxylic acids is 4. The van der Waals surface area contributed by atoms with E-state index in [2.05, 4.69) is 80.2 Å². The van der Waals surface area contributed by atoms with Crippen LogP contribution in [-0.4, -0.2) is 87.1 Å². The summed E-state index contributed by atoms with van der Waals surface area (Å²) in [5.74, 6) is 0.256. The number of hydrogen-bond acceptors (Lipinski definition) is 9. The zero-order chi connectivity index (χ0) is 44.2. The molecule has 8 rings (SSSR count). The van der Waals surface area contributed by atoms with Gasteiger partial charge in [-0.1, -0.05) is 92.7 Å². The van der Waals surface area contributed by atoms with Crippen LogP contribution in [0.4, 0.5) is 9.59 Å². The highest BCUT2D eigenvalue weighted by Crippen LogP contribution is 2.38. The summed E-state index contributed by atoms with van der Waals surface area (Å²) in [5, 5.41) is 17.4. The lowest BCUT2D eigenvalue weighted by Gasteiger charge is -2.30. The first-order valence-corrected chi connectivity index (χ1v) is 21.0. The molecule has 0 spiro atoms. The van der Waals surface area contributed by atoms with Crippen molar-refractivity contribution >= 4 is 34.8 Å². The molecule has 0 unspecified atom stereocenters. The Morgan fingerprint density at radius 1 is 0.730 bits per heavy atom. The molecule has 5 atom stereocenters. The number of hydrogen-bond donors (Lipinski definition) is 4. The predicted molar refractivity (Wildman–Crippen MR) is 235 cm³/mol. The lowest BCUT2D eigenvalue weighted by molar-refractivity contribution is -0.136. The number of nitrogens with zero attached hydrogens (tertiary/aromatic N) is 5. The van der Waals surface area contributed by atoms with E-state index in [9.17, 15) is 24.4 Å². The van der Waals surface area contributed by atoms with Crippen LogP contribution in [0.3, 0.4) is 0 Å². The van der Waals surface area contributed by atoms with E-state index in [0.29, 0.717) is 30.2 Å². The number of nitriles is 1. The van der Waals surface area contributed by atoms with Gasteiger partial charge in [-0.3, -0.25) is 9.59 Å². The largest absolute Gasteiger partial charge is 0.453 e. The van der Waals surface area contributed by atoms with Crippen LogP contribution < -0.4 is 10.6 Å². The van der Waals surface area contributed by atoms with Gasteiger partial charge in [0.05, 0.1) is 62.1 Å². The maximum absolute atomic E-state index is 14.1. The SMILES string of the molecule is COC(=O)N[C@H](C(=O)N1CCC[C@H]1c1ncc(-c2ccc3cc(-c4ccc(-c5cnc([C@@H]6C[C@@H](C#N)CN6C(=O)[C@H](NC(=O)OC)c6ccccc6)[nH]5)cc4)ccc3c2)[nH]1)C(C)C. The number of amides is 4. The topological polar surface area (TPSA) is 198 Å². The summed E-state index contributed by atoms with van der Waals surface area (Å²) < 4.78 is 9.59. The van der Waals surface area contributed by atoms with Crippen molar-refractivity contribution in [2.75, 3.05) is 27.3 Å². The Morgan fingerprint density at radius 2 is 1.32 bits per heavy atom. The highest BCUT2D eigenvalue weighted by molar-refractivity contribution is 5.91. The van der Waals surface area contributed by atoms with E-state index in [1.165, 1.54) is 14.2 Å². The van der Waals surface area contributed by atoms with Crippen LogP contribution in [0, 0.1) is 23.2 Å². The van der Waals surface area contributed by atoms with Gasteiger partial charge in [0, 0.05) is 18.7 Å². The van der Waals surface area contributed by atoms with E-state index in [-0.39, 0.29) is 30.3 Å². The number of ether oxygens (including phenoxy) is 2. The van der Waals surface area contributed by atoms with E-state index in [4.69, 9.17) is 14.5 Å². The number of benzene rings is 4. The first-order valence-electron chi connectivity index (χ1n) is 21.0. The average Bonchev–Trinajstić information content (AvgIpc) is 4.16. The molecule has 4 N–H and O–H groups in total. The summed E-state index contributed by atoms with van der Waals surface area (Å²) in [4.78, 5) is 71.6. The lowest BCUT2D eigenvalue weighted by atomic mass is 9.98. The summed E-state index contributed by atoms with van der Waals surface area (Å²) in [7, 11) is 2.53. The molecule has 4 heterocycles. The van der Waals surface area contributed by atoms with Crippen molar-refractivity contribution in [3.05, 3.63) is 121 Å². The second-order valence-corrected chi connectivity index (χ2v) is 16.3. The van der Waals surface area contributed by atoms with Crippen molar-refractivity contribution in [3.8, 4) is 39.7 Å². The molecule has 0 radical (unpaired) electrons. The molecule has 2 aliphatic heterocycles. The number of aromatic nitrogens is 4. The summed E-state index contributed by atoms with van der Waals surface area (Å²) >= 11 is 0. The standard InChI is InChI=1S/C48H49N9O6/c1-28(2)41(54-47(60)62-3)45(58)56-20-8-11-39(56)43-50-26-38(53-43)36-19-18-34-22-33(16-17-35(34)23-36)30-12-14-31(15-13-30)37-25-51-44(52-37)40-21-29(24-49)27-57(40)46(59)42(55-48(61)63-4)32-9-6-5-7-10-32/h5-7,9-10,12-19,22-23,25-26,28-29,39-42H,8,11,20-21,27H2,1-4H3,(H,50,53)(H,51,52)(H,54,60)(H,55,61)/t29-,39-,40-,41-,42+/m0/s1. The molecule has 15 nitrogen and oxygen atoms in total. The summed E-state index contributed by atoms with van der Waals surface area (Å²) in [6, 6.07) is 29.6. The Kier molecular flexibility index (Phi) is 12.2. The zero-order valence-corrected chi connectivity index (χ0v) is 35.5. The number of alkyl carbamates (subject to hydrolysis) is 2. The van der Waals surface area contributed by atoms with Gasteiger partial charge in [-0.15, -0.1) is 0 Å². The highest BCUT2D eigenvalue weighted by atomic mass is 16.5. The number of carbonyl (C=O) groups is 4. The van der Waals surface area contributed by atoms with Crippen LogP contribution in [0.5, 0.6) is 0 Å². The summed E-state index contributed by atoms with van der Waals surface area (Å²) in [5.41, 5.74) is 6.20. The van der Waals surface area contributed by atoms with E-state index < -0.39 is 36.2 Å².